The van der Waals surface area contributed by atoms with Crippen LogP contribution in [0.15, 0.2) is 137 Å². The van der Waals surface area contributed by atoms with Gasteiger partial charge in [-0.3, -0.25) is 32.0 Å². The van der Waals surface area contributed by atoms with Gasteiger partial charge in [0, 0.05) is 69.3 Å². The summed E-state index contributed by atoms with van der Waals surface area (Å²) in [5, 5.41) is 86.7. The molecule has 35 nitrogen and oxygen atoms in total. The van der Waals surface area contributed by atoms with Crippen LogP contribution in [0.5, 0.6) is 57.5 Å². The third kappa shape index (κ3) is 35.7. The molecule has 0 saturated carbocycles. The van der Waals surface area contributed by atoms with Gasteiger partial charge < -0.3 is 116 Å². The molecule has 0 saturated heterocycles. The molecule has 2 aromatic heterocycles. The average molecular weight is 1800 g/mol. The summed E-state index contributed by atoms with van der Waals surface area (Å²) >= 11 is 11.2. The first kappa shape index (κ1) is 106. The molecular formula is C68H95Cl4NO34P4S2. The lowest BCUT2D eigenvalue weighted by Crippen LogP contribution is -2.21. The van der Waals surface area contributed by atoms with E-state index in [0.29, 0.717) is 10.0 Å². The molecule has 0 bridgehead atoms. The third-order valence-corrected chi connectivity index (χ3v) is 22.4. The topological polar surface area (TPSA) is 547 Å². The van der Waals surface area contributed by atoms with Gasteiger partial charge in [0.1, 0.15) is 51.3 Å². The van der Waals surface area contributed by atoms with E-state index < -0.39 is 138 Å². The van der Waals surface area contributed by atoms with Crippen molar-refractivity contribution in [1.29, 1.82) is 0 Å². The smallest absolute Gasteiger partial charge is 0.367 e. The van der Waals surface area contributed by atoms with E-state index in [1.807, 2.05) is 13.8 Å². The number of benzene rings is 6. The van der Waals surface area contributed by atoms with E-state index in [1.54, 1.807) is 41.5 Å². The van der Waals surface area contributed by atoms with E-state index in [4.69, 9.17) is 103 Å². The largest absolute Gasteiger partial charge is 0.508 e. The molecule has 8 rings (SSSR count). The molecule has 45 heteroatoms. The first-order chi connectivity index (χ1) is 52.0. The molecule has 0 radical (unpaired) electrons. The second kappa shape index (κ2) is 51.3. The standard InChI is InChI=1S/C20H21O10P.C16H13O10P.C11H16ClO6PS.C6H4Cl2O2S.C6H15N.C5H13O4P.C4H10O.ClH.H2O/c1-3-28-31(26,29-4-2)10-27-20-18(25)17-15(24)8-12(21)9-16(17)30-19(20)11-5-6-13(22)14(23)7-11;17-8-4-11(20)13-12(5-8)26-15(7-1-2-9(18)10(19)3-7)16(14(13)21)25-6-27(22,23)24;1-3-16-19(13,17-4-2)9-18-20(14,15)11-7-5-10(12)6-8-11;7-5-1-3-6(4-2-5)11(8,9)10;1-4-7(5-2)6-3;1-3-8-10(7,5-6)9-4-2;1-3-5-4-2;;/h5-9,21-24H,3-4,10H2,1-2H3;1-5,17-20H,6H2,(H2,22,23,24);5-8H,3-4,9H2,1-2H3;1-4H;4-6H2,1-3H3;6H,3-5H2,1-2H3;3-4H2,1-2H3;1H;1H2. The summed E-state index contributed by atoms with van der Waals surface area (Å²) in [7, 11) is -17.7. The van der Waals surface area contributed by atoms with Crippen LogP contribution >= 0.6 is 76.7 Å². The number of hydrogen-bond donors (Lipinski definition) is 11. The molecule has 0 atom stereocenters. The normalized spacial score (nSPS) is 11.4. The molecule has 0 spiro atoms. The van der Waals surface area contributed by atoms with E-state index >= 15 is 0 Å². The van der Waals surface area contributed by atoms with E-state index in [2.05, 4.69) is 25.7 Å². The minimum Gasteiger partial charge on any atom is -0.508 e. The second-order valence-corrected chi connectivity index (χ2v) is 34.1. The summed E-state index contributed by atoms with van der Waals surface area (Å²) in [6, 6.07) is 22.1. The number of hydrogen-bond acceptors (Lipinski definition) is 32. The highest BCUT2D eigenvalue weighted by Gasteiger charge is 2.31. The Labute approximate surface area is 673 Å². The predicted octanol–water partition coefficient (Wildman–Crippen LogP) is 14.4. The molecule has 0 aliphatic rings. The van der Waals surface area contributed by atoms with E-state index in [1.165, 1.54) is 86.4 Å². The molecule has 0 aliphatic heterocycles. The zero-order valence-corrected chi connectivity index (χ0v) is 71.3. The van der Waals surface area contributed by atoms with Gasteiger partial charge in [-0.15, -0.1) is 12.4 Å². The Morgan fingerprint density at radius 3 is 1.06 bits per heavy atom. The fraction of sp³-hybridized carbons (Fsp3) is 0.382. The maximum absolute atomic E-state index is 13.1. The van der Waals surface area contributed by atoms with Gasteiger partial charge in [-0.25, -0.2) is 8.42 Å². The van der Waals surface area contributed by atoms with Crippen LogP contribution in [-0.2, 0) is 73.5 Å². The van der Waals surface area contributed by atoms with Crippen molar-refractivity contribution >= 4 is 118 Å². The van der Waals surface area contributed by atoms with Crippen molar-refractivity contribution in [2.24, 2.45) is 0 Å². The maximum Gasteiger partial charge on any atom is 0.367 e. The summed E-state index contributed by atoms with van der Waals surface area (Å²) in [6.07, 6.45) is -2.98. The summed E-state index contributed by atoms with van der Waals surface area (Å²) in [6.45, 7) is 26.6. The molecule has 8 aromatic rings. The van der Waals surface area contributed by atoms with Crippen LogP contribution in [0.25, 0.3) is 44.6 Å². The van der Waals surface area contributed by atoms with E-state index in [0.717, 1.165) is 55.7 Å². The lowest BCUT2D eigenvalue weighted by molar-refractivity contribution is 0.162. The number of aliphatic hydroxyl groups is 1. The molecule has 0 fully saturated rings. The second-order valence-electron chi connectivity index (χ2n) is 21.4. The molecule has 636 valence electrons. The molecule has 13 N–H and O–H groups in total. The van der Waals surface area contributed by atoms with Crippen LogP contribution in [0.1, 0.15) is 76.2 Å². The zero-order valence-electron chi connectivity index (χ0n) is 63.0. The Morgan fingerprint density at radius 2 is 0.770 bits per heavy atom. The third-order valence-electron chi connectivity index (χ3n) is 13.5. The summed E-state index contributed by atoms with van der Waals surface area (Å²) in [5.74, 6) is -5.39. The van der Waals surface area contributed by atoms with Gasteiger partial charge in [0.05, 0.1) is 49.4 Å². The van der Waals surface area contributed by atoms with Gasteiger partial charge in [-0.05, 0) is 160 Å². The number of fused-ring (bicyclic) bond motifs is 2. The van der Waals surface area contributed by atoms with Crippen molar-refractivity contribution in [1.82, 2.24) is 4.90 Å². The number of aliphatic hydroxyl groups excluding tert-OH is 1. The monoisotopic (exact) mass is 1800 g/mol. The van der Waals surface area contributed by atoms with Crippen molar-refractivity contribution in [2.75, 3.05) is 97.9 Å². The van der Waals surface area contributed by atoms with Crippen LogP contribution < -0.4 is 20.3 Å². The van der Waals surface area contributed by atoms with Gasteiger partial charge in [-0.1, -0.05) is 44.0 Å². The molecule has 0 aliphatic carbocycles. The SMILES string of the molecule is CCN(CC)CC.CCOCC.CCOP(=O)(CO)OCC.CCOP(=O)(COS(=O)(=O)c1ccc(Cl)cc1)OCC.CCOP(=O)(COc1c(-c2ccc(O)c(O)c2)oc2cc(O)cc(O)c2c1=O)OCC.Cl.O.O=S(=O)(Cl)c1ccc(Cl)cc1.O=c1c(OCP(=O)(O)O)c(-c2ccc(O)c(O)c2)oc2cc(O)cc(O)c12. The predicted molar refractivity (Wildman–Crippen MR) is 427 cm³/mol. The summed E-state index contributed by atoms with van der Waals surface area (Å²) in [4.78, 5) is 46.2. The van der Waals surface area contributed by atoms with Gasteiger partial charge >= 0.3 is 30.4 Å². The number of phenols is 8. The first-order valence-electron chi connectivity index (χ1n) is 33.3. The summed E-state index contributed by atoms with van der Waals surface area (Å²) < 4.78 is 153. The molecular weight excluding hydrogens is 1700 g/mol. The molecule has 2 heterocycles. The Morgan fingerprint density at radius 1 is 0.434 bits per heavy atom. The molecule has 0 amide bonds. The fourth-order valence-corrected chi connectivity index (χ4v) is 14.9. The lowest BCUT2D eigenvalue weighted by Gasteiger charge is -2.18. The van der Waals surface area contributed by atoms with Crippen molar-refractivity contribution in [2.45, 2.75) is 86.0 Å². The van der Waals surface area contributed by atoms with E-state index in [9.17, 15) is 85.5 Å². The molecule has 113 heavy (non-hydrogen) atoms. The number of ether oxygens (including phenoxy) is 3. The number of nitrogens with zero attached hydrogens (tertiary/aromatic N) is 1. The number of halogens is 4. The van der Waals surface area contributed by atoms with Gasteiger partial charge in [0.2, 0.25) is 22.4 Å². The minimum absolute atomic E-state index is 0. The quantitative estimate of drug-likeness (QED) is 0.00832. The number of aromatic hydroxyl groups is 8. The molecule has 6 aromatic carbocycles. The van der Waals surface area contributed by atoms with Gasteiger partial charge in [0.15, 0.2) is 53.6 Å². The molecule has 0 unspecified atom stereocenters. The lowest BCUT2D eigenvalue weighted by atomic mass is 10.1. The highest BCUT2D eigenvalue weighted by atomic mass is 35.7. The summed E-state index contributed by atoms with van der Waals surface area (Å²) in [5.41, 5.74) is -1.99. The van der Waals surface area contributed by atoms with Crippen LogP contribution in [0.2, 0.25) is 10.0 Å². The zero-order chi connectivity index (χ0) is 84.3. The van der Waals surface area contributed by atoms with Gasteiger partial charge in [-0.2, -0.15) is 8.42 Å². The highest BCUT2D eigenvalue weighted by molar-refractivity contribution is 8.13. The van der Waals surface area contributed by atoms with Crippen molar-refractivity contribution < 1.29 is 151 Å². The first-order valence-corrected chi connectivity index (χ1v) is 44.8. The maximum atomic E-state index is 13.1. The fourth-order valence-electron chi connectivity index (χ4n) is 8.60. The van der Waals surface area contributed by atoms with Crippen molar-refractivity contribution in [3.05, 3.63) is 140 Å². The average Bonchev–Trinajstić information content (AvgIpc) is 0.795. The van der Waals surface area contributed by atoms with Crippen LogP contribution in [-0.4, -0.2) is 181 Å². The Kier molecular flexibility index (Phi) is 48.2. The highest BCUT2D eigenvalue weighted by Crippen LogP contribution is 2.51. The number of rotatable bonds is 31. The van der Waals surface area contributed by atoms with Crippen LogP contribution in [0.4, 0.5) is 0 Å². The minimum atomic E-state index is -4.65. The Balaban J connectivity index is 0.00000139. The van der Waals surface area contributed by atoms with Crippen LogP contribution in [0, 0.1) is 0 Å². The van der Waals surface area contributed by atoms with Crippen LogP contribution in [0.3, 0.4) is 0 Å². The van der Waals surface area contributed by atoms with E-state index in [-0.39, 0.29) is 118 Å². The van der Waals surface area contributed by atoms with Crippen molar-refractivity contribution in [3.8, 4) is 80.1 Å². The van der Waals surface area contributed by atoms with Crippen molar-refractivity contribution in [3.63, 3.8) is 0 Å². The number of phenolic OH excluding ortho intramolecular Hbond substituents is 8. The Hall–Kier alpha value is -6.80. The van der Waals surface area contributed by atoms with Gasteiger partial charge in [0.25, 0.3) is 19.2 Å². The Bertz CT molecular complexity index is 4790.